The predicted molar refractivity (Wildman–Crippen MR) is 102 cm³/mol. The predicted octanol–water partition coefficient (Wildman–Crippen LogP) is 1.66. The first-order chi connectivity index (χ1) is 11.8. The van der Waals surface area contributed by atoms with E-state index in [1.165, 1.54) is 0 Å². The number of aromatic nitrogens is 2. The average Bonchev–Trinajstić information content (AvgIpc) is 2.96. The highest BCUT2D eigenvalue weighted by molar-refractivity contribution is 9.10. The highest BCUT2D eigenvalue weighted by Gasteiger charge is 2.15. The van der Waals surface area contributed by atoms with Gasteiger partial charge in [0.1, 0.15) is 0 Å². The van der Waals surface area contributed by atoms with Gasteiger partial charge in [0.25, 0.3) is 0 Å². The van der Waals surface area contributed by atoms with Gasteiger partial charge in [-0.1, -0.05) is 15.9 Å². The summed E-state index contributed by atoms with van der Waals surface area (Å²) in [4.78, 5) is 6.43. The Bertz CT molecular complexity index is 830. The number of guanidine groups is 1. The lowest BCUT2D eigenvalue weighted by Crippen LogP contribution is -2.40. The summed E-state index contributed by atoms with van der Waals surface area (Å²) in [6.07, 6.45) is 3.73. The van der Waals surface area contributed by atoms with Gasteiger partial charge in [0.05, 0.1) is 16.8 Å². The Labute approximate surface area is 156 Å². The quantitative estimate of drug-likeness (QED) is 0.559. The van der Waals surface area contributed by atoms with Crippen molar-refractivity contribution in [2.24, 2.45) is 12.0 Å². The lowest BCUT2D eigenvalue weighted by atomic mass is 10.3. The first-order valence-corrected chi connectivity index (χ1v) is 10.1. The number of sulfone groups is 1. The van der Waals surface area contributed by atoms with Crippen LogP contribution in [0.5, 0.6) is 0 Å². The van der Waals surface area contributed by atoms with Crippen LogP contribution in [0.15, 0.2) is 51.0 Å². The summed E-state index contributed by atoms with van der Waals surface area (Å²) in [5.41, 5.74) is 1.05. The minimum atomic E-state index is -3.33. The molecule has 25 heavy (non-hydrogen) atoms. The van der Waals surface area contributed by atoms with Gasteiger partial charge in [-0.25, -0.2) is 8.42 Å². The van der Waals surface area contributed by atoms with Crippen LogP contribution in [0.2, 0.25) is 0 Å². The molecule has 2 rings (SSSR count). The molecule has 9 heteroatoms. The Morgan fingerprint density at radius 2 is 2.04 bits per heavy atom. The molecule has 0 atom stereocenters. The number of halogens is 1. The zero-order valence-electron chi connectivity index (χ0n) is 14.5. The molecule has 0 amide bonds. The van der Waals surface area contributed by atoms with Crippen molar-refractivity contribution >= 4 is 31.7 Å². The molecule has 0 fully saturated rings. The van der Waals surface area contributed by atoms with Crippen LogP contribution in [-0.4, -0.2) is 55.5 Å². The molecule has 0 spiro atoms. The minimum absolute atomic E-state index is 0.00557. The standard InChI is InChI=1S/C16H22BrN5O2S/c1-18-16(21(2)11-13-10-20-22(3)12-13)19-8-9-25(23,24)15-6-4-14(17)5-7-15/h4-7,10,12H,8-9,11H2,1-3H3,(H,18,19). The summed E-state index contributed by atoms with van der Waals surface area (Å²) in [6, 6.07) is 6.65. The minimum Gasteiger partial charge on any atom is -0.355 e. The monoisotopic (exact) mass is 427 g/mol. The molecule has 0 aliphatic heterocycles. The number of benzene rings is 1. The van der Waals surface area contributed by atoms with Gasteiger partial charge in [-0.2, -0.15) is 5.10 Å². The topological polar surface area (TPSA) is 79.6 Å². The van der Waals surface area contributed by atoms with Crippen molar-refractivity contribution in [3.63, 3.8) is 0 Å². The van der Waals surface area contributed by atoms with Crippen LogP contribution in [0.3, 0.4) is 0 Å². The molecule has 1 N–H and O–H groups in total. The van der Waals surface area contributed by atoms with E-state index in [9.17, 15) is 8.42 Å². The third-order valence-corrected chi connectivity index (χ3v) is 5.84. The van der Waals surface area contributed by atoms with Crippen molar-refractivity contribution in [3.8, 4) is 0 Å². The first-order valence-electron chi connectivity index (χ1n) is 7.69. The van der Waals surface area contributed by atoms with Crippen LogP contribution < -0.4 is 5.32 Å². The molecule has 0 unspecified atom stereocenters. The second-order valence-electron chi connectivity index (χ2n) is 5.63. The van der Waals surface area contributed by atoms with Gasteiger partial charge < -0.3 is 10.2 Å². The van der Waals surface area contributed by atoms with Gasteiger partial charge in [-0.15, -0.1) is 0 Å². The highest BCUT2D eigenvalue weighted by Crippen LogP contribution is 2.15. The number of rotatable bonds is 6. The lowest BCUT2D eigenvalue weighted by molar-refractivity contribution is 0.478. The van der Waals surface area contributed by atoms with Crippen LogP contribution in [0.1, 0.15) is 5.56 Å². The van der Waals surface area contributed by atoms with Gasteiger partial charge in [-0.05, 0) is 24.3 Å². The number of hydrogen-bond acceptors (Lipinski definition) is 4. The summed E-state index contributed by atoms with van der Waals surface area (Å²) in [6.45, 7) is 0.912. The van der Waals surface area contributed by atoms with E-state index in [1.807, 2.05) is 25.2 Å². The van der Waals surface area contributed by atoms with Crippen LogP contribution >= 0.6 is 15.9 Å². The smallest absolute Gasteiger partial charge is 0.193 e. The molecule has 136 valence electrons. The van der Waals surface area contributed by atoms with E-state index >= 15 is 0 Å². The Morgan fingerprint density at radius 1 is 1.36 bits per heavy atom. The Kier molecular flexibility index (Phi) is 6.60. The molecule has 1 aromatic heterocycles. The van der Waals surface area contributed by atoms with Gasteiger partial charge in [-0.3, -0.25) is 9.67 Å². The van der Waals surface area contributed by atoms with E-state index in [1.54, 1.807) is 42.2 Å². The largest absolute Gasteiger partial charge is 0.355 e. The highest BCUT2D eigenvalue weighted by atomic mass is 79.9. The van der Waals surface area contributed by atoms with Crippen molar-refractivity contribution in [1.29, 1.82) is 0 Å². The van der Waals surface area contributed by atoms with E-state index in [2.05, 4.69) is 31.3 Å². The molecule has 0 saturated heterocycles. The second-order valence-corrected chi connectivity index (χ2v) is 8.65. The van der Waals surface area contributed by atoms with E-state index in [0.717, 1.165) is 10.0 Å². The fraction of sp³-hybridized carbons (Fsp3) is 0.375. The molecule has 0 aliphatic carbocycles. The van der Waals surface area contributed by atoms with Crippen LogP contribution in [0.4, 0.5) is 0 Å². The Hall–Kier alpha value is -1.87. The summed E-state index contributed by atoms with van der Waals surface area (Å²) in [7, 11) is 2.10. The summed E-state index contributed by atoms with van der Waals surface area (Å²) in [5.74, 6) is 0.629. The van der Waals surface area contributed by atoms with Gasteiger partial charge in [0.2, 0.25) is 0 Å². The Morgan fingerprint density at radius 3 is 2.60 bits per heavy atom. The summed E-state index contributed by atoms with van der Waals surface area (Å²) in [5, 5.41) is 7.23. The van der Waals surface area contributed by atoms with Crippen molar-refractivity contribution in [1.82, 2.24) is 20.0 Å². The van der Waals surface area contributed by atoms with Gasteiger partial charge in [0.15, 0.2) is 15.8 Å². The molecule has 0 radical (unpaired) electrons. The molecule has 0 bridgehead atoms. The first kappa shape index (κ1) is 19.5. The summed E-state index contributed by atoms with van der Waals surface area (Å²) < 4.78 is 27.3. The SMILES string of the molecule is CN=C(NCCS(=O)(=O)c1ccc(Br)cc1)N(C)Cc1cnn(C)c1. The number of nitrogens with zero attached hydrogens (tertiary/aromatic N) is 4. The average molecular weight is 428 g/mol. The zero-order chi connectivity index (χ0) is 18.4. The van der Waals surface area contributed by atoms with Gasteiger partial charge in [0, 0.05) is 50.5 Å². The number of nitrogens with one attached hydrogen (secondary N) is 1. The number of aliphatic imine (C=N–C) groups is 1. The molecule has 0 saturated carbocycles. The second kappa shape index (κ2) is 8.48. The number of aryl methyl sites for hydroxylation is 1. The maximum Gasteiger partial charge on any atom is 0.193 e. The van der Waals surface area contributed by atoms with Crippen molar-refractivity contribution in [3.05, 3.63) is 46.7 Å². The third-order valence-electron chi connectivity index (χ3n) is 3.58. The zero-order valence-corrected chi connectivity index (χ0v) is 16.9. The number of hydrogen-bond donors (Lipinski definition) is 1. The fourth-order valence-corrected chi connectivity index (χ4v) is 3.77. The van der Waals surface area contributed by atoms with E-state index in [0.29, 0.717) is 17.4 Å². The third kappa shape index (κ3) is 5.57. The molecule has 2 aromatic rings. The molecular formula is C16H22BrN5O2S. The van der Waals surface area contributed by atoms with E-state index in [-0.39, 0.29) is 12.3 Å². The van der Waals surface area contributed by atoms with Crippen molar-refractivity contribution < 1.29 is 8.42 Å². The van der Waals surface area contributed by atoms with Crippen LogP contribution in [0.25, 0.3) is 0 Å². The van der Waals surface area contributed by atoms with Gasteiger partial charge >= 0.3 is 0 Å². The normalized spacial score (nSPS) is 12.2. The maximum atomic E-state index is 12.4. The van der Waals surface area contributed by atoms with Crippen molar-refractivity contribution in [2.45, 2.75) is 11.4 Å². The fourth-order valence-electron chi connectivity index (χ4n) is 2.34. The molecule has 1 aromatic carbocycles. The van der Waals surface area contributed by atoms with E-state index in [4.69, 9.17) is 0 Å². The maximum absolute atomic E-state index is 12.4. The van der Waals surface area contributed by atoms with Crippen molar-refractivity contribution in [2.75, 3.05) is 26.4 Å². The van der Waals surface area contributed by atoms with Crippen LogP contribution in [0, 0.1) is 0 Å². The summed E-state index contributed by atoms with van der Waals surface area (Å²) >= 11 is 3.30. The lowest BCUT2D eigenvalue weighted by Gasteiger charge is -2.21. The molecule has 1 heterocycles. The van der Waals surface area contributed by atoms with Crippen LogP contribution in [-0.2, 0) is 23.4 Å². The molecule has 7 nitrogen and oxygen atoms in total. The molecular weight excluding hydrogens is 406 g/mol. The Balaban J connectivity index is 1.91. The molecule has 0 aliphatic rings. The van der Waals surface area contributed by atoms with E-state index < -0.39 is 9.84 Å².